The van der Waals surface area contributed by atoms with Gasteiger partial charge in [-0.05, 0) is 6.07 Å². The summed E-state index contributed by atoms with van der Waals surface area (Å²) in [6.45, 7) is 0. The van der Waals surface area contributed by atoms with E-state index in [9.17, 15) is 4.79 Å². The van der Waals surface area contributed by atoms with E-state index in [0.717, 1.165) is 0 Å². The average Bonchev–Trinajstić information content (AvgIpc) is 2.15. The molecule has 3 N–H and O–H groups in total. The fourth-order valence-electron chi connectivity index (χ4n) is 1.24. The number of nitrogens with two attached hydrogens (primary N) is 1. The van der Waals surface area contributed by atoms with E-state index in [1.165, 1.54) is 13.3 Å². The van der Waals surface area contributed by atoms with Crippen LogP contribution in [-0.2, 0) is 4.79 Å². The highest BCUT2D eigenvalue weighted by molar-refractivity contribution is 6.30. The van der Waals surface area contributed by atoms with E-state index in [2.05, 4.69) is 4.98 Å². The molecular weight excluding hydrogens is 220 g/mol. The minimum Gasteiger partial charge on any atom is -0.496 e. The van der Waals surface area contributed by atoms with Gasteiger partial charge >= 0.3 is 5.97 Å². The lowest BCUT2D eigenvalue weighted by atomic mass is 10.1. The maximum Gasteiger partial charge on any atom is 0.305 e. The third-order valence-electron chi connectivity index (χ3n) is 1.89. The summed E-state index contributed by atoms with van der Waals surface area (Å²) in [4.78, 5) is 14.3. The van der Waals surface area contributed by atoms with E-state index in [-0.39, 0.29) is 11.6 Å². The molecule has 0 amide bonds. The molecular formula is C9H11ClN2O3. The highest BCUT2D eigenvalue weighted by Crippen LogP contribution is 2.30. The van der Waals surface area contributed by atoms with Crippen LogP contribution in [0.2, 0.25) is 5.15 Å². The van der Waals surface area contributed by atoms with E-state index in [4.69, 9.17) is 27.2 Å². The van der Waals surface area contributed by atoms with Crippen molar-refractivity contribution in [3.8, 4) is 5.75 Å². The van der Waals surface area contributed by atoms with Gasteiger partial charge in [-0.1, -0.05) is 11.6 Å². The number of carboxylic acid groups (broad SMARTS) is 1. The second-order valence-electron chi connectivity index (χ2n) is 2.92. The number of nitrogens with zero attached hydrogens (tertiary/aromatic N) is 1. The van der Waals surface area contributed by atoms with Crippen molar-refractivity contribution in [2.45, 2.75) is 12.5 Å². The third-order valence-corrected chi connectivity index (χ3v) is 2.19. The zero-order valence-electron chi connectivity index (χ0n) is 8.11. The van der Waals surface area contributed by atoms with Crippen molar-refractivity contribution >= 4 is 17.6 Å². The number of pyridine rings is 1. The molecule has 0 aromatic carbocycles. The van der Waals surface area contributed by atoms with Crippen LogP contribution in [-0.4, -0.2) is 23.2 Å². The Kier molecular flexibility index (Phi) is 3.88. The Morgan fingerprint density at radius 2 is 2.47 bits per heavy atom. The van der Waals surface area contributed by atoms with Gasteiger partial charge in [-0.25, -0.2) is 4.98 Å². The number of halogens is 1. The first-order chi connectivity index (χ1) is 7.06. The zero-order valence-corrected chi connectivity index (χ0v) is 8.86. The highest BCUT2D eigenvalue weighted by Gasteiger charge is 2.19. The molecule has 0 aliphatic rings. The fourth-order valence-corrected chi connectivity index (χ4v) is 1.52. The summed E-state index contributed by atoms with van der Waals surface area (Å²) in [7, 11) is 1.46. The number of hydrogen-bond donors (Lipinski definition) is 2. The number of aromatic nitrogens is 1. The molecule has 15 heavy (non-hydrogen) atoms. The Morgan fingerprint density at radius 1 is 1.80 bits per heavy atom. The predicted molar refractivity (Wildman–Crippen MR) is 55.0 cm³/mol. The Balaban J connectivity index is 3.05. The van der Waals surface area contributed by atoms with E-state index in [0.29, 0.717) is 11.3 Å². The van der Waals surface area contributed by atoms with Crippen LogP contribution in [0.15, 0.2) is 12.3 Å². The smallest absolute Gasteiger partial charge is 0.305 e. The summed E-state index contributed by atoms with van der Waals surface area (Å²) < 4.78 is 5.03. The molecule has 0 bridgehead atoms. The van der Waals surface area contributed by atoms with E-state index in [1.807, 2.05) is 0 Å². The standard InChI is InChI=1S/C9H11ClN2O3/c1-15-6-2-3-12-9(10)8(6)5(11)4-7(13)14/h2-3,5H,4,11H2,1H3,(H,13,14). The van der Waals surface area contributed by atoms with E-state index >= 15 is 0 Å². The van der Waals surface area contributed by atoms with Crippen LogP contribution in [0.3, 0.4) is 0 Å². The van der Waals surface area contributed by atoms with Crippen LogP contribution < -0.4 is 10.5 Å². The molecule has 1 rings (SSSR count). The SMILES string of the molecule is COc1ccnc(Cl)c1C(N)CC(=O)O. The minimum absolute atomic E-state index is 0.170. The number of carboxylic acids is 1. The van der Waals surface area contributed by atoms with Crippen molar-refractivity contribution < 1.29 is 14.6 Å². The molecule has 0 aliphatic carbocycles. The van der Waals surface area contributed by atoms with Crippen molar-refractivity contribution in [2.75, 3.05) is 7.11 Å². The van der Waals surface area contributed by atoms with Gasteiger partial charge < -0.3 is 15.6 Å². The van der Waals surface area contributed by atoms with Gasteiger partial charge in [0.25, 0.3) is 0 Å². The normalized spacial score (nSPS) is 12.2. The van der Waals surface area contributed by atoms with Crippen LogP contribution in [0, 0.1) is 0 Å². The lowest BCUT2D eigenvalue weighted by molar-refractivity contribution is -0.137. The number of rotatable bonds is 4. The van der Waals surface area contributed by atoms with Gasteiger partial charge in [-0.2, -0.15) is 0 Å². The molecule has 82 valence electrons. The highest BCUT2D eigenvalue weighted by atomic mass is 35.5. The van der Waals surface area contributed by atoms with Gasteiger partial charge in [-0.15, -0.1) is 0 Å². The number of methoxy groups -OCH3 is 1. The average molecular weight is 231 g/mol. The Bertz CT molecular complexity index is 370. The first-order valence-electron chi connectivity index (χ1n) is 4.22. The maximum atomic E-state index is 10.5. The summed E-state index contributed by atoms with van der Waals surface area (Å²) in [6, 6.07) is 0.863. The van der Waals surface area contributed by atoms with Gasteiger partial charge in [-0.3, -0.25) is 4.79 Å². The van der Waals surface area contributed by atoms with Crippen molar-refractivity contribution in [3.63, 3.8) is 0 Å². The number of ether oxygens (including phenoxy) is 1. The number of aliphatic carboxylic acids is 1. The number of hydrogen-bond acceptors (Lipinski definition) is 4. The fraction of sp³-hybridized carbons (Fsp3) is 0.333. The predicted octanol–water partition coefficient (Wildman–Crippen LogP) is 1.22. The van der Waals surface area contributed by atoms with E-state index in [1.54, 1.807) is 6.07 Å². The van der Waals surface area contributed by atoms with Crippen LogP contribution in [0.4, 0.5) is 0 Å². The Hall–Kier alpha value is -1.33. The lowest BCUT2D eigenvalue weighted by Crippen LogP contribution is -2.16. The van der Waals surface area contributed by atoms with Gasteiger partial charge in [0.15, 0.2) is 0 Å². The Morgan fingerprint density at radius 3 is 3.00 bits per heavy atom. The van der Waals surface area contributed by atoms with Crippen molar-refractivity contribution in [2.24, 2.45) is 5.73 Å². The zero-order chi connectivity index (χ0) is 11.4. The molecule has 1 aromatic heterocycles. The topological polar surface area (TPSA) is 85.4 Å². The van der Waals surface area contributed by atoms with Crippen LogP contribution in [0.1, 0.15) is 18.0 Å². The van der Waals surface area contributed by atoms with Crippen LogP contribution >= 0.6 is 11.6 Å². The van der Waals surface area contributed by atoms with Crippen molar-refractivity contribution in [1.29, 1.82) is 0 Å². The van der Waals surface area contributed by atoms with E-state index < -0.39 is 12.0 Å². The molecule has 1 unspecified atom stereocenters. The summed E-state index contributed by atoms with van der Waals surface area (Å²) >= 11 is 5.82. The molecule has 0 fully saturated rings. The maximum absolute atomic E-state index is 10.5. The summed E-state index contributed by atoms with van der Waals surface area (Å²) in [6.07, 6.45) is 1.25. The molecule has 6 heteroatoms. The van der Waals surface area contributed by atoms with Gasteiger partial charge in [0.1, 0.15) is 10.9 Å². The molecule has 0 saturated carbocycles. The van der Waals surface area contributed by atoms with Crippen LogP contribution in [0.5, 0.6) is 5.75 Å². The summed E-state index contributed by atoms with van der Waals surface area (Å²) in [5.41, 5.74) is 6.11. The Labute approximate surface area is 91.8 Å². The molecule has 0 saturated heterocycles. The molecule has 1 heterocycles. The van der Waals surface area contributed by atoms with Gasteiger partial charge in [0.05, 0.1) is 13.5 Å². The molecule has 1 aromatic rings. The summed E-state index contributed by atoms with van der Waals surface area (Å²) in [5.74, 6) is -0.548. The summed E-state index contributed by atoms with van der Waals surface area (Å²) in [5, 5.41) is 8.78. The molecule has 1 atom stereocenters. The van der Waals surface area contributed by atoms with Gasteiger partial charge in [0.2, 0.25) is 0 Å². The van der Waals surface area contributed by atoms with Crippen molar-refractivity contribution in [1.82, 2.24) is 4.98 Å². The first-order valence-corrected chi connectivity index (χ1v) is 4.59. The lowest BCUT2D eigenvalue weighted by Gasteiger charge is -2.14. The molecule has 5 nitrogen and oxygen atoms in total. The van der Waals surface area contributed by atoms with Gasteiger partial charge in [0, 0.05) is 17.8 Å². The third kappa shape index (κ3) is 2.81. The number of carbonyl (C=O) groups is 1. The van der Waals surface area contributed by atoms with Crippen LogP contribution in [0.25, 0.3) is 0 Å². The quantitative estimate of drug-likeness (QED) is 0.760. The largest absolute Gasteiger partial charge is 0.496 e. The second kappa shape index (κ2) is 4.95. The van der Waals surface area contributed by atoms with Crippen molar-refractivity contribution in [3.05, 3.63) is 23.0 Å². The monoisotopic (exact) mass is 230 g/mol. The molecule has 0 radical (unpaired) electrons. The minimum atomic E-state index is -0.996. The first kappa shape index (κ1) is 11.7. The molecule has 0 spiro atoms. The molecule has 0 aliphatic heterocycles. The second-order valence-corrected chi connectivity index (χ2v) is 3.28.